The summed E-state index contributed by atoms with van der Waals surface area (Å²) in [6.07, 6.45) is 3.07. The lowest BCUT2D eigenvalue weighted by atomic mass is 9.92. The molecule has 1 unspecified atom stereocenters. The SMILES string of the molecule is N#Cc1ccc(N2CCC(C(=O)Nc3ccc(OC4CCN(CCC5CCN(c6ccc7c(c6)C(=O)N(C6CCC(=O)NC6=O)C7=O)CC5)CC4)cn3)CC2)cc1C(F)(F)F. The molecule has 2 N–H and O–H groups in total. The summed E-state index contributed by atoms with van der Waals surface area (Å²) in [5.41, 5.74) is 0.463. The molecular weight excluding hydrogens is 794 g/mol. The Bertz CT molecular complexity index is 2220. The molecule has 2 aromatic carbocycles. The molecule has 14 nitrogen and oxygen atoms in total. The van der Waals surface area contributed by atoms with Gasteiger partial charge in [-0.2, -0.15) is 18.4 Å². The van der Waals surface area contributed by atoms with Gasteiger partial charge in [-0.1, -0.05) is 0 Å². The maximum absolute atomic E-state index is 13.5. The van der Waals surface area contributed by atoms with Crippen LogP contribution in [0.4, 0.5) is 30.4 Å². The van der Waals surface area contributed by atoms with E-state index in [1.54, 1.807) is 41.4 Å². The number of pyridine rings is 1. The van der Waals surface area contributed by atoms with E-state index in [0.717, 1.165) is 81.5 Å². The number of piperidine rings is 4. The van der Waals surface area contributed by atoms with Crippen LogP contribution in [0.2, 0.25) is 0 Å². The van der Waals surface area contributed by atoms with Gasteiger partial charge in [-0.25, -0.2) is 4.98 Å². The first kappa shape index (κ1) is 41.7. The molecule has 0 spiro atoms. The van der Waals surface area contributed by atoms with Crippen molar-refractivity contribution in [3.8, 4) is 11.8 Å². The number of amides is 5. The molecule has 4 saturated heterocycles. The highest BCUT2D eigenvalue weighted by Crippen LogP contribution is 2.36. The number of imide groups is 2. The van der Waals surface area contributed by atoms with Crippen LogP contribution >= 0.6 is 0 Å². The largest absolute Gasteiger partial charge is 0.489 e. The average Bonchev–Trinajstić information content (AvgIpc) is 3.51. The number of aromatic nitrogens is 1. The zero-order chi connectivity index (χ0) is 42.8. The van der Waals surface area contributed by atoms with E-state index in [0.29, 0.717) is 54.7 Å². The van der Waals surface area contributed by atoms with Gasteiger partial charge in [0, 0.05) is 63.0 Å². The molecule has 8 rings (SSSR count). The number of carbonyl (C=O) groups is 5. The van der Waals surface area contributed by atoms with Crippen molar-refractivity contribution in [3.05, 3.63) is 77.0 Å². The zero-order valence-corrected chi connectivity index (χ0v) is 33.6. The minimum atomic E-state index is -4.63. The molecule has 5 amide bonds. The van der Waals surface area contributed by atoms with E-state index in [2.05, 4.69) is 25.4 Å². The molecule has 0 bridgehead atoms. The molecule has 0 saturated carbocycles. The Morgan fingerprint density at radius 1 is 0.836 bits per heavy atom. The highest BCUT2D eigenvalue weighted by atomic mass is 19.4. The van der Waals surface area contributed by atoms with E-state index in [1.807, 2.05) is 6.07 Å². The summed E-state index contributed by atoms with van der Waals surface area (Å²) in [5.74, 6) is -0.911. The van der Waals surface area contributed by atoms with Crippen LogP contribution in [0.15, 0.2) is 54.7 Å². The van der Waals surface area contributed by atoms with Gasteiger partial charge < -0.3 is 24.8 Å². The Balaban J connectivity index is 0.728. The van der Waals surface area contributed by atoms with Crippen LogP contribution in [-0.2, 0) is 20.6 Å². The number of halogens is 3. The van der Waals surface area contributed by atoms with E-state index in [1.165, 1.54) is 12.1 Å². The second-order valence-electron chi connectivity index (χ2n) is 16.5. The maximum Gasteiger partial charge on any atom is 0.417 e. The molecule has 320 valence electrons. The third kappa shape index (κ3) is 9.19. The first-order valence-corrected chi connectivity index (χ1v) is 21.0. The van der Waals surface area contributed by atoms with Gasteiger partial charge in [-0.15, -0.1) is 0 Å². The second kappa shape index (κ2) is 17.5. The van der Waals surface area contributed by atoms with Crippen LogP contribution in [0.5, 0.6) is 5.75 Å². The lowest BCUT2D eigenvalue weighted by Gasteiger charge is -2.36. The minimum Gasteiger partial charge on any atom is -0.489 e. The number of rotatable bonds is 10. The number of nitrogens with zero attached hydrogens (tertiary/aromatic N) is 6. The Labute approximate surface area is 351 Å². The molecular formula is C44H47F3N8O6. The topological polar surface area (TPSA) is 168 Å². The van der Waals surface area contributed by atoms with Crippen LogP contribution in [0.1, 0.15) is 89.6 Å². The fourth-order valence-corrected chi connectivity index (χ4v) is 9.16. The van der Waals surface area contributed by atoms with Crippen molar-refractivity contribution in [2.75, 3.05) is 60.9 Å². The number of ether oxygens (including phenoxy) is 1. The molecule has 1 atom stereocenters. The maximum atomic E-state index is 13.5. The summed E-state index contributed by atoms with van der Waals surface area (Å²) in [7, 11) is 0. The Kier molecular flexibility index (Phi) is 12.0. The fourth-order valence-electron chi connectivity index (χ4n) is 9.16. The third-order valence-electron chi connectivity index (χ3n) is 12.7. The predicted molar refractivity (Wildman–Crippen MR) is 217 cm³/mol. The van der Waals surface area contributed by atoms with E-state index < -0.39 is 47.0 Å². The van der Waals surface area contributed by atoms with Gasteiger partial charge in [0.05, 0.1) is 34.5 Å². The smallest absolute Gasteiger partial charge is 0.417 e. The summed E-state index contributed by atoms with van der Waals surface area (Å²) < 4.78 is 46.6. The quantitative estimate of drug-likeness (QED) is 0.252. The molecule has 1 aromatic heterocycles. The summed E-state index contributed by atoms with van der Waals surface area (Å²) in [6.45, 7) is 5.35. The standard InChI is InChI=1S/C44H47F3N8O6/c45-44(46,47)36-24-31(2-1-29(36)25-48)54-21-12-28(13-22-54)40(57)50-38-7-4-33(26-49-38)61-32-14-17-52(18-15-32)16-9-27-10-19-53(20-11-27)30-3-5-34-35(23-30)43(60)55(42(34)59)37-6-8-39(56)51-41(37)58/h1-5,7,23-24,26-28,32,37H,6,8-22H2,(H,49,50,57)(H,51,56,58). The van der Waals surface area contributed by atoms with Gasteiger partial charge in [-0.3, -0.25) is 34.2 Å². The molecule has 0 radical (unpaired) electrons. The number of hydrogen-bond donors (Lipinski definition) is 2. The van der Waals surface area contributed by atoms with Crippen LogP contribution in [0.3, 0.4) is 0 Å². The van der Waals surface area contributed by atoms with Crippen molar-refractivity contribution in [2.24, 2.45) is 11.8 Å². The summed E-state index contributed by atoms with van der Waals surface area (Å²) in [5, 5.41) is 14.2. The fraction of sp³-hybridized carbons (Fsp3) is 0.477. The molecule has 61 heavy (non-hydrogen) atoms. The third-order valence-corrected chi connectivity index (χ3v) is 12.7. The van der Waals surface area contributed by atoms with Crippen LogP contribution < -0.4 is 25.2 Å². The van der Waals surface area contributed by atoms with Crippen molar-refractivity contribution in [2.45, 2.75) is 76.1 Å². The second-order valence-corrected chi connectivity index (χ2v) is 16.5. The first-order valence-electron chi connectivity index (χ1n) is 21.0. The number of carbonyl (C=O) groups excluding carboxylic acids is 5. The average molecular weight is 841 g/mol. The van der Waals surface area contributed by atoms with Crippen molar-refractivity contribution in [3.63, 3.8) is 0 Å². The van der Waals surface area contributed by atoms with E-state index in [-0.39, 0.29) is 36.3 Å². The molecule has 5 aliphatic heterocycles. The Morgan fingerprint density at radius 2 is 1.51 bits per heavy atom. The minimum absolute atomic E-state index is 0.0563. The summed E-state index contributed by atoms with van der Waals surface area (Å²) in [4.78, 5) is 75.4. The van der Waals surface area contributed by atoms with Crippen LogP contribution in [0, 0.1) is 23.2 Å². The van der Waals surface area contributed by atoms with Gasteiger partial charge >= 0.3 is 6.18 Å². The number of nitriles is 1. The molecule has 5 aliphatic rings. The Hall–Kier alpha value is -6.02. The van der Waals surface area contributed by atoms with Crippen molar-refractivity contribution in [1.29, 1.82) is 5.26 Å². The van der Waals surface area contributed by atoms with Crippen LogP contribution in [-0.4, -0.2) is 102 Å². The Morgan fingerprint density at radius 3 is 2.16 bits per heavy atom. The van der Waals surface area contributed by atoms with Crippen LogP contribution in [0.25, 0.3) is 0 Å². The van der Waals surface area contributed by atoms with E-state index in [4.69, 9.17) is 10.00 Å². The van der Waals surface area contributed by atoms with Gasteiger partial charge in [0.15, 0.2) is 0 Å². The number of alkyl halides is 3. The lowest BCUT2D eigenvalue weighted by Crippen LogP contribution is -2.54. The number of nitrogens with one attached hydrogen (secondary N) is 2. The van der Waals surface area contributed by atoms with Gasteiger partial charge in [0.25, 0.3) is 11.8 Å². The number of likely N-dealkylation sites (tertiary alicyclic amines) is 1. The molecule has 0 aliphatic carbocycles. The predicted octanol–water partition coefficient (Wildman–Crippen LogP) is 5.38. The molecule has 4 fully saturated rings. The zero-order valence-electron chi connectivity index (χ0n) is 33.6. The highest BCUT2D eigenvalue weighted by molar-refractivity contribution is 6.23. The number of hydrogen-bond acceptors (Lipinski definition) is 11. The molecule has 17 heteroatoms. The number of anilines is 3. The lowest BCUT2D eigenvalue weighted by molar-refractivity contribution is -0.138. The van der Waals surface area contributed by atoms with E-state index in [9.17, 15) is 37.1 Å². The van der Waals surface area contributed by atoms with Gasteiger partial charge in [0.2, 0.25) is 17.7 Å². The highest BCUT2D eigenvalue weighted by Gasteiger charge is 2.45. The monoisotopic (exact) mass is 840 g/mol. The molecule has 6 heterocycles. The van der Waals surface area contributed by atoms with Gasteiger partial charge in [0.1, 0.15) is 23.7 Å². The van der Waals surface area contributed by atoms with Crippen molar-refractivity contribution < 1.29 is 41.9 Å². The summed E-state index contributed by atoms with van der Waals surface area (Å²) in [6, 6.07) is 13.1. The first-order chi connectivity index (χ1) is 29.3. The van der Waals surface area contributed by atoms with Gasteiger partial charge in [-0.05, 0) is 112 Å². The number of benzene rings is 2. The normalized spacial score (nSPS) is 21.0. The van der Waals surface area contributed by atoms with Crippen molar-refractivity contribution >= 4 is 46.7 Å². The number of fused-ring (bicyclic) bond motifs is 1. The van der Waals surface area contributed by atoms with Crippen molar-refractivity contribution in [1.82, 2.24) is 20.1 Å². The van der Waals surface area contributed by atoms with E-state index >= 15 is 0 Å². The summed E-state index contributed by atoms with van der Waals surface area (Å²) >= 11 is 0. The molecule has 3 aromatic rings.